The van der Waals surface area contributed by atoms with Crippen molar-refractivity contribution in [2.45, 2.75) is 19.8 Å². The zero-order valence-corrected chi connectivity index (χ0v) is 19.2. The van der Waals surface area contributed by atoms with Crippen LogP contribution < -0.4 is 10.6 Å². The lowest BCUT2D eigenvalue weighted by molar-refractivity contribution is 0.629. The van der Waals surface area contributed by atoms with E-state index in [2.05, 4.69) is 30.6 Å². The van der Waals surface area contributed by atoms with Gasteiger partial charge in [-0.15, -0.1) is 24.0 Å². The molecule has 0 saturated carbocycles. The predicted octanol–water partition coefficient (Wildman–Crippen LogP) is 4.14. The minimum absolute atomic E-state index is 0. The first-order valence-corrected chi connectivity index (χ1v) is 9.94. The molecule has 2 aromatic carbocycles. The monoisotopic (exact) mass is 520 g/mol. The van der Waals surface area contributed by atoms with E-state index in [0.717, 1.165) is 58.7 Å². The summed E-state index contributed by atoms with van der Waals surface area (Å²) in [5, 5.41) is 7.54. The number of H-pyrrole nitrogens is 2. The van der Waals surface area contributed by atoms with Gasteiger partial charge in [0.25, 0.3) is 0 Å². The largest absolute Gasteiger partial charge is 0.361 e. The Morgan fingerprint density at radius 2 is 1.97 bits per heavy atom. The lowest BCUT2D eigenvalue weighted by atomic mass is 10.1. The number of aromatic nitrogens is 3. The lowest BCUT2D eigenvalue weighted by Gasteiger charge is -2.11. The standard InChI is InChI=1S/C22H25FN6.HI/c1-2-24-22(26-12-10-21-28-19-5-3-4-6-20(19)29-21)25-11-9-15-14-27-18-8-7-16(23)13-17(15)18;/h3-8,13-14,27H,2,9-12H2,1H3,(H,28,29)(H2,24,25,26);1H. The molecule has 0 radical (unpaired) electrons. The van der Waals surface area contributed by atoms with Crippen LogP contribution in [-0.4, -0.2) is 40.5 Å². The first-order valence-electron chi connectivity index (χ1n) is 9.94. The van der Waals surface area contributed by atoms with Crippen LogP contribution in [0.15, 0.2) is 53.7 Å². The lowest BCUT2D eigenvalue weighted by Crippen LogP contribution is -2.38. The molecule has 4 rings (SSSR count). The first-order chi connectivity index (χ1) is 14.2. The highest BCUT2D eigenvalue weighted by atomic mass is 127. The number of nitrogens with one attached hydrogen (secondary N) is 4. The van der Waals surface area contributed by atoms with Crippen LogP contribution in [0.25, 0.3) is 21.9 Å². The number of nitrogens with zero attached hydrogens (tertiary/aromatic N) is 2. The Kier molecular flexibility index (Phi) is 7.67. The van der Waals surface area contributed by atoms with Crippen molar-refractivity contribution in [1.29, 1.82) is 0 Å². The van der Waals surface area contributed by atoms with Gasteiger partial charge in [-0.3, -0.25) is 4.99 Å². The fourth-order valence-corrected chi connectivity index (χ4v) is 3.41. The molecule has 30 heavy (non-hydrogen) atoms. The number of guanidine groups is 1. The van der Waals surface area contributed by atoms with Gasteiger partial charge in [0.15, 0.2) is 5.96 Å². The minimum atomic E-state index is -0.216. The summed E-state index contributed by atoms with van der Waals surface area (Å²) in [6.45, 7) is 4.17. The predicted molar refractivity (Wildman–Crippen MR) is 131 cm³/mol. The van der Waals surface area contributed by atoms with Crippen LogP contribution in [0.4, 0.5) is 4.39 Å². The van der Waals surface area contributed by atoms with Gasteiger partial charge in [-0.05, 0) is 49.2 Å². The fraction of sp³-hybridized carbons (Fsp3) is 0.273. The molecule has 2 aromatic heterocycles. The Morgan fingerprint density at radius 1 is 1.10 bits per heavy atom. The van der Waals surface area contributed by atoms with E-state index in [4.69, 9.17) is 0 Å². The Labute approximate surface area is 191 Å². The van der Waals surface area contributed by atoms with Crippen LogP contribution in [0.5, 0.6) is 0 Å². The fourth-order valence-electron chi connectivity index (χ4n) is 3.41. The Bertz CT molecular complexity index is 1100. The van der Waals surface area contributed by atoms with Crippen molar-refractivity contribution >= 4 is 51.9 Å². The molecule has 0 atom stereocenters. The van der Waals surface area contributed by atoms with Crippen molar-refractivity contribution in [3.63, 3.8) is 0 Å². The molecule has 6 nitrogen and oxygen atoms in total. The highest BCUT2D eigenvalue weighted by Gasteiger charge is 2.06. The summed E-state index contributed by atoms with van der Waals surface area (Å²) >= 11 is 0. The van der Waals surface area contributed by atoms with E-state index in [0.29, 0.717) is 13.1 Å². The van der Waals surface area contributed by atoms with Crippen LogP contribution in [0.2, 0.25) is 0 Å². The Balaban J connectivity index is 0.00000256. The molecule has 8 heteroatoms. The zero-order chi connectivity index (χ0) is 20.1. The molecular weight excluding hydrogens is 494 g/mol. The maximum absolute atomic E-state index is 13.5. The van der Waals surface area contributed by atoms with Crippen LogP contribution in [-0.2, 0) is 12.8 Å². The molecule has 4 N–H and O–H groups in total. The molecule has 0 aliphatic heterocycles. The zero-order valence-electron chi connectivity index (χ0n) is 16.8. The van der Waals surface area contributed by atoms with Crippen molar-refractivity contribution in [2.24, 2.45) is 4.99 Å². The maximum Gasteiger partial charge on any atom is 0.191 e. The van der Waals surface area contributed by atoms with Gasteiger partial charge in [-0.25, -0.2) is 9.37 Å². The number of benzene rings is 2. The summed E-state index contributed by atoms with van der Waals surface area (Å²) < 4.78 is 13.5. The summed E-state index contributed by atoms with van der Waals surface area (Å²) in [4.78, 5) is 15.7. The number of aliphatic imine (C=N–C) groups is 1. The molecule has 4 aromatic rings. The molecule has 0 amide bonds. The van der Waals surface area contributed by atoms with Gasteiger partial charge in [0, 0.05) is 43.2 Å². The quantitative estimate of drug-likeness (QED) is 0.168. The van der Waals surface area contributed by atoms with Crippen LogP contribution in [0.3, 0.4) is 0 Å². The average molecular weight is 520 g/mol. The van der Waals surface area contributed by atoms with Gasteiger partial charge in [0.2, 0.25) is 0 Å². The van der Waals surface area contributed by atoms with Crippen LogP contribution >= 0.6 is 24.0 Å². The van der Waals surface area contributed by atoms with Crippen LogP contribution in [0.1, 0.15) is 18.3 Å². The number of para-hydroxylation sites is 2. The molecule has 0 fully saturated rings. The van der Waals surface area contributed by atoms with Crippen molar-refractivity contribution in [1.82, 2.24) is 25.6 Å². The second-order valence-corrected chi connectivity index (χ2v) is 6.89. The number of aromatic amines is 2. The first kappa shape index (κ1) is 22.1. The van der Waals surface area contributed by atoms with E-state index in [1.165, 1.54) is 6.07 Å². The van der Waals surface area contributed by atoms with Gasteiger partial charge in [0.05, 0.1) is 11.0 Å². The summed E-state index contributed by atoms with van der Waals surface area (Å²) in [5.74, 6) is 1.49. The molecule has 0 aliphatic rings. The maximum atomic E-state index is 13.5. The number of imidazole rings is 1. The highest BCUT2D eigenvalue weighted by Crippen LogP contribution is 2.19. The molecule has 158 valence electrons. The van der Waals surface area contributed by atoms with Gasteiger partial charge in [-0.2, -0.15) is 0 Å². The summed E-state index contributed by atoms with van der Waals surface area (Å²) in [5.41, 5.74) is 4.07. The van der Waals surface area contributed by atoms with Gasteiger partial charge >= 0.3 is 0 Å². The molecule has 0 spiro atoms. The van der Waals surface area contributed by atoms with Gasteiger partial charge < -0.3 is 20.6 Å². The van der Waals surface area contributed by atoms with E-state index in [9.17, 15) is 4.39 Å². The van der Waals surface area contributed by atoms with E-state index in [1.807, 2.05) is 37.4 Å². The summed E-state index contributed by atoms with van der Waals surface area (Å²) in [7, 11) is 0. The van der Waals surface area contributed by atoms with Gasteiger partial charge in [0.1, 0.15) is 11.6 Å². The van der Waals surface area contributed by atoms with E-state index >= 15 is 0 Å². The number of fused-ring (bicyclic) bond motifs is 2. The smallest absolute Gasteiger partial charge is 0.191 e. The van der Waals surface area contributed by atoms with Crippen molar-refractivity contribution in [3.05, 3.63) is 65.9 Å². The molecule has 0 saturated heterocycles. The average Bonchev–Trinajstić information content (AvgIpc) is 3.31. The molecule has 2 heterocycles. The van der Waals surface area contributed by atoms with Crippen molar-refractivity contribution in [3.8, 4) is 0 Å². The molecular formula is C22H26FIN6. The second kappa shape index (κ2) is 10.4. The van der Waals surface area contributed by atoms with Crippen molar-refractivity contribution < 1.29 is 4.39 Å². The molecule has 0 bridgehead atoms. The van der Waals surface area contributed by atoms with E-state index in [-0.39, 0.29) is 29.8 Å². The van der Waals surface area contributed by atoms with E-state index < -0.39 is 0 Å². The number of hydrogen-bond acceptors (Lipinski definition) is 2. The number of rotatable bonds is 7. The number of halogens is 2. The topological polar surface area (TPSA) is 80.9 Å². The third-order valence-electron chi connectivity index (χ3n) is 4.82. The van der Waals surface area contributed by atoms with Crippen molar-refractivity contribution in [2.75, 3.05) is 19.6 Å². The minimum Gasteiger partial charge on any atom is -0.361 e. The number of hydrogen-bond donors (Lipinski definition) is 4. The third kappa shape index (κ3) is 5.29. The highest BCUT2D eigenvalue weighted by molar-refractivity contribution is 14.0. The SMILES string of the molecule is CCNC(=NCCc1nc2ccccc2[nH]1)NCCc1c[nH]c2ccc(F)cc12.I. The third-order valence-corrected chi connectivity index (χ3v) is 4.82. The van der Waals surface area contributed by atoms with Crippen LogP contribution in [0, 0.1) is 5.82 Å². The second-order valence-electron chi connectivity index (χ2n) is 6.89. The Morgan fingerprint density at radius 3 is 2.80 bits per heavy atom. The normalized spacial score (nSPS) is 11.6. The van der Waals surface area contributed by atoms with Gasteiger partial charge in [-0.1, -0.05) is 12.1 Å². The molecule has 0 unspecified atom stereocenters. The summed E-state index contributed by atoms with van der Waals surface area (Å²) in [6, 6.07) is 12.8. The van der Waals surface area contributed by atoms with E-state index in [1.54, 1.807) is 12.1 Å². The Hall–Kier alpha value is -2.62. The summed E-state index contributed by atoms with van der Waals surface area (Å²) in [6.07, 6.45) is 3.46. The molecule has 0 aliphatic carbocycles.